The minimum Gasteiger partial charge on any atom is -0.486 e. The predicted octanol–water partition coefficient (Wildman–Crippen LogP) is 7.26. The van der Waals surface area contributed by atoms with Gasteiger partial charge in [0.15, 0.2) is 11.5 Å². The third-order valence-electron chi connectivity index (χ3n) is 6.90. The van der Waals surface area contributed by atoms with Crippen LogP contribution in [-0.2, 0) is 14.3 Å². The molecule has 6 nitrogen and oxygen atoms in total. The fourth-order valence-corrected chi connectivity index (χ4v) is 4.97. The third-order valence-corrected chi connectivity index (χ3v) is 7.23. The van der Waals surface area contributed by atoms with E-state index in [0.717, 1.165) is 25.3 Å². The Morgan fingerprint density at radius 1 is 1.03 bits per heavy atom. The summed E-state index contributed by atoms with van der Waals surface area (Å²) < 4.78 is 58.2. The third kappa shape index (κ3) is 7.38. The van der Waals surface area contributed by atoms with E-state index in [-0.39, 0.29) is 47.1 Å². The van der Waals surface area contributed by atoms with Crippen LogP contribution >= 0.6 is 11.6 Å². The molecule has 4 rings (SSSR count). The maximum absolute atomic E-state index is 13.9. The number of fused-ring (bicyclic) bond motifs is 1. The zero-order valence-electron chi connectivity index (χ0n) is 22.4. The Morgan fingerprint density at radius 2 is 1.67 bits per heavy atom. The molecule has 10 heteroatoms. The van der Waals surface area contributed by atoms with Crippen molar-refractivity contribution in [1.82, 2.24) is 0 Å². The number of nitrogens with one attached hydrogen (secondary N) is 1. The second-order valence-electron chi connectivity index (χ2n) is 11.2. The standard InChI is InChI=1S/C29H33ClF3NO5/c1-16(29(31,32)33)26(19-8-10-23-24(14-19)38-12-11-37-23)27(36)34-22-13-18(7-9-21(22)30)20(17-5-6-17)15-25(35)39-28(2,3)4/h7-10,13-14,16-17,20,26H,5-6,11-12,15H2,1-4H3,(H,34,36)/t16-,20+,26?/m1/s1. The van der Waals surface area contributed by atoms with Gasteiger partial charge in [-0.3, -0.25) is 9.59 Å². The van der Waals surface area contributed by atoms with E-state index in [1.165, 1.54) is 18.2 Å². The van der Waals surface area contributed by atoms with Crippen LogP contribution < -0.4 is 14.8 Å². The molecule has 0 saturated heterocycles. The molecule has 1 fully saturated rings. The number of amides is 1. The van der Waals surface area contributed by atoms with Gasteiger partial charge in [0.05, 0.1) is 29.0 Å². The van der Waals surface area contributed by atoms with E-state index in [9.17, 15) is 22.8 Å². The quantitative estimate of drug-likeness (QED) is 0.340. The summed E-state index contributed by atoms with van der Waals surface area (Å²) in [5.41, 5.74) is 0.478. The van der Waals surface area contributed by atoms with Gasteiger partial charge >= 0.3 is 12.1 Å². The van der Waals surface area contributed by atoms with Crippen LogP contribution in [0.2, 0.25) is 5.02 Å². The highest BCUT2D eigenvalue weighted by atomic mass is 35.5. The smallest absolute Gasteiger partial charge is 0.392 e. The molecule has 1 aliphatic carbocycles. The van der Waals surface area contributed by atoms with Crippen LogP contribution in [0.1, 0.15) is 69.9 Å². The van der Waals surface area contributed by atoms with Gasteiger partial charge in [0.2, 0.25) is 5.91 Å². The fourth-order valence-electron chi connectivity index (χ4n) is 4.81. The van der Waals surface area contributed by atoms with E-state index in [4.69, 9.17) is 25.8 Å². The largest absolute Gasteiger partial charge is 0.486 e. The van der Waals surface area contributed by atoms with Crippen molar-refractivity contribution in [2.45, 2.75) is 70.6 Å². The van der Waals surface area contributed by atoms with Crippen LogP contribution in [0.3, 0.4) is 0 Å². The second-order valence-corrected chi connectivity index (χ2v) is 11.6. The van der Waals surface area contributed by atoms with Crippen molar-refractivity contribution in [3.8, 4) is 11.5 Å². The van der Waals surface area contributed by atoms with Crippen molar-refractivity contribution in [2.75, 3.05) is 18.5 Å². The van der Waals surface area contributed by atoms with E-state index in [2.05, 4.69) is 5.32 Å². The Morgan fingerprint density at radius 3 is 2.28 bits per heavy atom. The summed E-state index contributed by atoms with van der Waals surface area (Å²) >= 11 is 6.38. The Kier molecular flexibility index (Phi) is 8.40. The molecule has 0 aromatic heterocycles. The van der Waals surface area contributed by atoms with Gasteiger partial charge in [-0.2, -0.15) is 13.2 Å². The molecule has 1 saturated carbocycles. The molecule has 0 spiro atoms. The number of anilines is 1. The monoisotopic (exact) mass is 567 g/mol. The van der Waals surface area contributed by atoms with Gasteiger partial charge in [0, 0.05) is 0 Å². The van der Waals surface area contributed by atoms with Crippen LogP contribution in [0.4, 0.5) is 18.9 Å². The first-order valence-electron chi connectivity index (χ1n) is 13.0. The number of rotatable bonds is 8. The highest BCUT2D eigenvalue weighted by Gasteiger charge is 2.45. The number of hydrogen-bond donors (Lipinski definition) is 1. The van der Waals surface area contributed by atoms with Crippen LogP contribution in [-0.4, -0.2) is 36.9 Å². The summed E-state index contributed by atoms with van der Waals surface area (Å²) in [6, 6.07) is 9.39. The first-order valence-corrected chi connectivity index (χ1v) is 13.4. The second kappa shape index (κ2) is 11.3. The number of carbonyl (C=O) groups is 2. The lowest BCUT2D eigenvalue weighted by Gasteiger charge is -2.27. The van der Waals surface area contributed by atoms with Gasteiger partial charge in [-0.15, -0.1) is 0 Å². The number of halogens is 4. The summed E-state index contributed by atoms with van der Waals surface area (Å²) in [4.78, 5) is 26.0. The lowest BCUT2D eigenvalue weighted by atomic mass is 9.85. The number of carbonyl (C=O) groups excluding carboxylic acids is 2. The Balaban J connectivity index is 1.61. The minimum atomic E-state index is -4.63. The molecule has 2 aromatic carbocycles. The Bertz CT molecular complexity index is 1220. The first-order chi connectivity index (χ1) is 18.2. The number of benzene rings is 2. The lowest BCUT2D eigenvalue weighted by molar-refractivity contribution is -0.178. The molecule has 1 aliphatic heterocycles. The van der Waals surface area contributed by atoms with Crippen molar-refractivity contribution in [2.24, 2.45) is 11.8 Å². The van der Waals surface area contributed by atoms with Crippen molar-refractivity contribution < 1.29 is 37.0 Å². The van der Waals surface area contributed by atoms with Crippen LogP contribution in [0.25, 0.3) is 0 Å². The topological polar surface area (TPSA) is 73.9 Å². The molecule has 1 heterocycles. The van der Waals surface area contributed by atoms with Crippen molar-refractivity contribution >= 4 is 29.2 Å². The average molecular weight is 568 g/mol. The summed E-state index contributed by atoms with van der Waals surface area (Å²) in [6.07, 6.45) is -2.58. The zero-order valence-corrected chi connectivity index (χ0v) is 23.1. The van der Waals surface area contributed by atoms with Crippen LogP contribution in [0.15, 0.2) is 36.4 Å². The number of hydrogen-bond acceptors (Lipinski definition) is 5. The molecule has 3 atom stereocenters. The van der Waals surface area contributed by atoms with E-state index >= 15 is 0 Å². The summed E-state index contributed by atoms with van der Waals surface area (Å²) in [5.74, 6) is -3.93. The van der Waals surface area contributed by atoms with Gasteiger partial charge in [-0.1, -0.05) is 30.7 Å². The predicted molar refractivity (Wildman–Crippen MR) is 141 cm³/mol. The molecular formula is C29H33ClF3NO5. The lowest BCUT2D eigenvalue weighted by Crippen LogP contribution is -2.34. The van der Waals surface area contributed by atoms with Gasteiger partial charge in [0.1, 0.15) is 18.8 Å². The normalized spacial score (nSPS) is 17.6. The molecule has 1 unspecified atom stereocenters. The van der Waals surface area contributed by atoms with E-state index in [1.54, 1.807) is 39.0 Å². The van der Waals surface area contributed by atoms with E-state index in [0.29, 0.717) is 18.1 Å². The van der Waals surface area contributed by atoms with E-state index < -0.39 is 29.5 Å². The summed E-state index contributed by atoms with van der Waals surface area (Å²) in [5, 5.41) is 2.81. The molecular weight excluding hydrogens is 535 g/mol. The first kappa shape index (κ1) is 29.1. The van der Waals surface area contributed by atoms with Crippen LogP contribution in [0.5, 0.6) is 11.5 Å². The van der Waals surface area contributed by atoms with Gasteiger partial charge < -0.3 is 19.5 Å². The van der Waals surface area contributed by atoms with Crippen molar-refractivity contribution in [3.63, 3.8) is 0 Å². The molecule has 2 aliphatic rings. The molecule has 1 amide bonds. The fraction of sp³-hybridized carbons (Fsp3) is 0.517. The summed E-state index contributed by atoms with van der Waals surface area (Å²) in [6.45, 7) is 6.96. The Hall–Kier alpha value is -2.94. The Labute approximate surface area is 231 Å². The van der Waals surface area contributed by atoms with Crippen LogP contribution in [0, 0.1) is 11.8 Å². The van der Waals surface area contributed by atoms with E-state index in [1.807, 2.05) is 0 Å². The van der Waals surface area contributed by atoms with Gasteiger partial charge in [-0.05, 0) is 80.8 Å². The molecule has 0 bridgehead atoms. The molecule has 212 valence electrons. The number of ether oxygens (including phenoxy) is 3. The highest BCUT2D eigenvalue weighted by Crippen LogP contribution is 2.46. The van der Waals surface area contributed by atoms with Crippen molar-refractivity contribution in [3.05, 3.63) is 52.5 Å². The average Bonchev–Trinajstić information content (AvgIpc) is 3.68. The van der Waals surface area contributed by atoms with Gasteiger partial charge in [0.25, 0.3) is 0 Å². The minimum absolute atomic E-state index is 0.148. The number of esters is 1. The molecule has 0 radical (unpaired) electrons. The summed E-state index contributed by atoms with van der Waals surface area (Å²) in [7, 11) is 0. The van der Waals surface area contributed by atoms with Crippen molar-refractivity contribution in [1.29, 1.82) is 0 Å². The maximum Gasteiger partial charge on any atom is 0.392 e. The van der Waals surface area contributed by atoms with Gasteiger partial charge in [-0.25, -0.2) is 0 Å². The maximum atomic E-state index is 13.9. The molecule has 1 N–H and O–H groups in total. The zero-order chi connectivity index (χ0) is 28.5. The number of alkyl halides is 3. The molecule has 2 aromatic rings. The SMILES string of the molecule is C[C@H](C(C(=O)Nc1cc([C@@H](CC(=O)OC(C)(C)C)C2CC2)ccc1Cl)c1ccc2c(c1)OCCO2)C(F)(F)F. The highest BCUT2D eigenvalue weighted by molar-refractivity contribution is 6.33. The molecule has 39 heavy (non-hydrogen) atoms.